The van der Waals surface area contributed by atoms with E-state index in [9.17, 15) is 13.2 Å². The van der Waals surface area contributed by atoms with Gasteiger partial charge in [-0.25, -0.2) is 8.42 Å². The molecule has 1 rings (SSSR count). The van der Waals surface area contributed by atoms with Crippen LogP contribution < -0.4 is 10.1 Å². The summed E-state index contributed by atoms with van der Waals surface area (Å²) in [5.74, 6) is -0.492. The van der Waals surface area contributed by atoms with Gasteiger partial charge in [0.2, 0.25) is 0 Å². The van der Waals surface area contributed by atoms with Crippen molar-refractivity contribution in [3.05, 3.63) is 11.8 Å². The maximum Gasteiger partial charge on any atom is 0.318 e. The molecule has 0 saturated carbocycles. The fourth-order valence-corrected chi connectivity index (χ4v) is 2.03. The van der Waals surface area contributed by atoms with Crippen molar-refractivity contribution in [2.45, 2.75) is 25.0 Å². The van der Waals surface area contributed by atoms with Crippen molar-refractivity contribution in [3.63, 3.8) is 0 Å². The lowest BCUT2D eigenvalue weighted by atomic mass is 10.4. The summed E-state index contributed by atoms with van der Waals surface area (Å²) in [6.45, 7) is 4.14. The lowest BCUT2D eigenvalue weighted by Gasteiger charge is -2.13. The first-order valence-corrected chi connectivity index (χ1v) is 8.20. The van der Waals surface area contributed by atoms with Gasteiger partial charge in [0.25, 0.3) is 5.91 Å². The topological polar surface area (TPSA) is 107 Å². The molecule has 1 aromatic heterocycles. The number of methoxy groups -OCH3 is 1. The third-order valence-electron chi connectivity index (χ3n) is 2.34. The molecule has 0 saturated heterocycles. The van der Waals surface area contributed by atoms with Gasteiger partial charge in [0.05, 0.1) is 6.61 Å². The molecule has 0 unspecified atom stereocenters. The maximum absolute atomic E-state index is 11.8. The van der Waals surface area contributed by atoms with Gasteiger partial charge in [0.1, 0.15) is 11.8 Å². The predicted octanol–water partition coefficient (Wildman–Crippen LogP) is 0.0435. The highest BCUT2D eigenvalue weighted by molar-refractivity contribution is 7.90. The van der Waals surface area contributed by atoms with Gasteiger partial charge in [-0.1, -0.05) is 0 Å². The molecule has 8 nitrogen and oxygen atoms in total. The highest BCUT2D eigenvalue weighted by Crippen LogP contribution is 2.14. The molecule has 0 aliphatic heterocycles. The SMILES string of the molecule is CCNC(=O)c1cc(S(C)(=O)=O)nc(O[C@H](C)COC)n1. The van der Waals surface area contributed by atoms with Crippen molar-refractivity contribution in [2.75, 3.05) is 26.5 Å². The van der Waals surface area contributed by atoms with Crippen LogP contribution in [0, 0.1) is 0 Å². The quantitative estimate of drug-likeness (QED) is 0.708. The molecule has 0 radical (unpaired) electrons. The average molecular weight is 317 g/mol. The van der Waals surface area contributed by atoms with Crippen LogP contribution in [-0.2, 0) is 14.6 Å². The molecule has 118 valence electrons. The zero-order valence-electron chi connectivity index (χ0n) is 12.4. The second-order valence-corrected chi connectivity index (χ2v) is 6.35. The Kier molecular flexibility index (Phi) is 6.03. The lowest BCUT2D eigenvalue weighted by Crippen LogP contribution is -2.26. The van der Waals surface area contributed by atoms with E-state index in [1.165, 1.54) is 7.11 Å². The number of nitrogens with one attached hydrogen (secondary N) is 1. The van der Waals surface area contributed by atoms with Gasteiger partial charge in [0.15, 0.2) is 14.9 Å². The Bertz CT molecular complexity index is 603. The van der Waals surface area contributed by atoms with Gasteiger partial charge in [-0.15, -0.1) is 0 Å². The summed E-state index contributed by atoms with van der Waals surface area (Å²) in [5, 5.41) is 2.28. The molecular weight excluding hydrogens is 298 g/mol. The largest absolute Gasteiger partial charge is 0.458 e. The summed E-state index contributed by atoms with van der Waals surface area (Å²) < 4.78 is 33.5. The van der Waals surface area contributed by atoms with E-state index in [0.29, 0.717) is 6.54 Å². The van der Waals surface area contributed by atoms with E-state index in [1.54, 1.807) is 13.8 Å². The standard InChI is InChI=1S/C12H19N3O5S/c1-5-13-11(16)9-6-10(21(4,17)18)15-12(14-9)20-8(2)7-19-3/h6,8H,5,7H2,1-4H3,(H,13,16)/t8-/m1/s1. The van der Waals surface area contributed by atoms with Crippen LogP contribution in [0.4, 0.5) is 0 Å². The molecule has 0 aliphatic carbocycles. The number of aromatic nitrogens is 2. The molecule has 0 bridgehead atoms. The van der Waals surface area contributed by atoms with Crippen LogP contribution in [0.2, 0.25) is 0 Å². The summed E-state index contributed by atoms with van der Waals surface area (Å²) in [6.07, 6.45) is 0.617. The highest BCUT2D eigenvalue weighted by Gasteiger charge is 2.18. The van der Waals surface area contributed by atoms with Crippen LogP contribution in [0.3, 0.4) is 0 Å². The van der Waals surface area contributed by atoms with Crippen LogP contribution in [0.1, 0.15) is 24.3 Å². The van der Waals surface area contributed by atoms with E-state index in [-0.39, 0.29) is 29.4 Å². The molecular formula is C12H19N3O5S. The van der Waals surface area contributed by atoms with Crippen molar-refractivity contribution in [2.24, 2.45) is 0 Å². The van der Waals surface area contributed by atoms with Gasteiger partial charge in [0, 0.05) is 26.0 Å². The molecule has 1 N–H and O–H groups in total. The number of nitrogens with zero attached hydrogens (tertiary/aromatic N) is 2. The minimum Gasteiger partial charge on any atom is -0.458 e. The third kappa shape index (κ3) is 5.27. The Balaban J connectivity index is 3.18. The monoisotopic (exact) mass is 317 g/mol. The fraction of sp³-hybridized carbons (Fsp3) is 0.583. The smallest absolute Gasteiger partial charge is 0.318 e. The number of ether oxygens (including phenoxy) is 2. The van der Waals surface area contributed by atoms with Gasteiger partial charge in [-0.2, -0.15) is 9.97 Å². The lowest BCUT2D eigenvalue weighted by molar-refractivity contribution is 0.0837. The number of amides is 1. The summed E-state index contributed by atoms with van der Waals surface area (Å²) in [5.41, 5.74) is -0.0631. The zero-order valence-corrected chi connectivity index (χ0v) is 13.2. The van der Waals surface area contributed by atoms with E-state index in [1.807, 2.05) is 0 Å². The fourth-order valence-electron chi connectivity index (χ4n) is 1.46. The molecule has 1 aromatic rings. The summed E-state index contributed by atoms with van der Waals surface area (Å²) >= 11 is 0. The molecule has 1 atom stereocenters. The van der Waals surface area contributed by atoms with Crippen molar-refractivity contribution in [1.82, 2.24) is 15.3 Å². The number of rotatable bonds is 7. The molecule has 1 heterocycles. The predicted molar refractivity (Wildman–Crippen MR) is 75.1 cm³/mol. The second kappa shape index (κ2) is 7.32. The van der Waals surface area contributed by atoms with Crippen LogP contribution >= 0.6 is 0 Å². The maximum atomic E-state index is 11.8. The van der Waals surface area contributed by atoms with Gasteiger partial charge >= 0.3 is 6.01 Å². The van der Waals surface area contributed by atoms with Crippen LogP contribution in [0.15, 0.2) is 11.1 Å². The minimum atomic E-state index is -3.59. The Morgan fingerprint density at radius 1 is 1.43 bits per heavy atom. The number of carbonyl (C=O) groups is 1. The third-order valence-corrected chi connectivity index (χ3v) is 3.31. The van der Waals surface area contributed by atoms with E-state index in [0.717, 1.165) is 12.3 Å². The number of carbonyl (C=O) groups excluding carboxylic acids is 1. The second-order valence-electron chi connectivity index (χ2n) is 4.39. The Morgan fingerprint density at radius 2 is 2.10 bits per heavy atom. The van der Waals surface area contributed by atoms with Crippen molar-refractivity contribution in [1.29, 1.82) is 0 Å². The van der Waals surface area contributed by atoms with Crippen LogP contribution in [0.5, 0.6) is 6.01 Å². The number of hydrogen-bond acceptors (Lipinski definition) is 7. The zero-order chi connectivity index (χ0) is 16.0. The van der Waals surface area contributed by atoms with E-state index >= 15 is 0 Å². The first-order valence-electron chi connectivity index (χ1n) is 6.30. The van der Waals surface area contributed by atoms with Crippen molar-refractivity contribution < 1.29 is 22.7 Å². The van der Waals surface area contributed by atoms with E-state index in [4.69, 9.17) is 9.47 Å². The number of sulfone groups is 1. The molecule has 9 heteroatoms. The first-order chi connectivity index (χ1) is 9.77. The molecule has 0 aromatic carbocycles. The molecule has 21 heavy (non-hydrogen) atoms. The Hall–Kier alpha value is -1.74. The van der Waals surface area contributed by atoms with Crippen LogP contribution in [0.25, 0.3) is 0 Å². The molecule has 0 spiro atoms. The van der Waals surface area contributed by atoms with E-state index in [2.05, 4.69) is 15.3 Å². The molecule has 0 fully saturated rings. The normalized spacial score (nSPS) is 12.8. The average Bonchev–Trinajstić information content (AvgIpc) is 2.37. The first kappa shape index (κ1) is 17.3. The molecule has 0 aliphatic rings. The van der Waals surface area contributed by atoms with Gasteiger partial charge in [-0.3, -0.25) is 4.79 Å². The van der Waals surface area contributed by atoms with Crippen LogP contribution in [-0.4, -0.2) is 56.9 Å². The van der Waals surface area contributed by atoms with E-state index < -0.39 is 15.7 Å². The summed E-state index contributed by atoms with van der Waals surface area (Å²) in [4.78, 5) is 19.5. The van der Waals surface area contributed by atoms with Gasteiger partial charge < -0.3 is 14.8 Å². The minimum absolute atomic E-state index is 0.0631. The Morgan fingerprint density at radius 3 is 2.62 bits per heavy atom. The summed E-state index contributed by atoms with van der Waals surface area (Å²) in [7, 11) is -2.08. The van der Waals surface area contributed by atoms with Gasteiger partial charge in [-0.05, 0) is 13.8 Å². The highest BCUT2D eigenvalue weighted by atomic mass is 32.2. The molecule has 1 amide bonds. The Labute approximate surface area is 123 Å². The number of hydrogen-bond donors (Lipinski definition) is 1. The summed E-state index contributed by atoms with van der Waals surface area (Å²) in [6, 6.07) is 0.942. The van der Waals surface area contributed by atoms with Crippen molar-refractivity contribution in [3.8, 4) is 6.01 Å². The van der Waals surface area contributed by atoms with Crippen molar-refractivity contribution >= 4 is 15.7 Å².